The topological polar surface area (TPSA) is 66.8 Å². The zero-order valence-electron chi connectivity index (χ0n) is 11.3. The molecule has 0 aliphatic heterocycles. The van der Waals surface area contributed by atoms with Gasteiger partial charge in [-0.25, -0.2) is 4.79 Å². The second kappa shape index (κ2) is 8.67. The fourth-order valence-corrected chi connectivity index (χ4v) is 1.73. The molecular weight excluding hydrogens is 244 g/mol. The average molecular weight is 266 g/mol. The van der Waals surface area contributed by atoms with E-state index in [1.165, 1.54) is 0 Å². The monoisotopic (exact) mass is 266 g/mol. The molecule has 0 bridgehead atoms. The minimum atomic E-state index is -1.46. The number of hydrogen-bond acceptors (Lipinski definition) is 4. The lowest BCUT2D eigenvalue weighted by Crippen LogP contribution is -2.35. The predicted octanol–water partition coefficient (Wildman–Crippen LogP) is 2.03. The normalized spacial score (nSPS) is 13.8. The molecule has 0 saturated heterocycles. The van der Waals surface area contributed by atoms with Crippen molar-refractivity contribution in [3.63, 3.8) is 0 Å². The van der Waals surface area contributed by atoms with Crippen molar-refractivity contribution in [2.24, 2.45) is 0 Å². The fourth-order valence-electron chi connectivity index (χ4n) is 1.73. The molecule has 106 valence electrons. The molecule has 0 heterocycles. The summed E-state index contributed by atoms with van der Waals surface area (Å²) < 4.78 is 4.97. The number of esters is 1. The number of aliphatic hydroxyl groups is 2. The second-order valence-electron chi connectivity index (χ2n) is 4.60. The molecule has 0 spiro atoms. The van der Waals surface area contributed by atoms with Crippen molar-refractivity contribution in [2.45, 2.75) is 51.4 Å². The van der Waals surface area contributed by atoms with Gasteiger partial charge in [0.2, 0.25) is 0 Å². The molecule has 19 heavy (non-hydrogen) atoms. The number of hydrogen-bond donors (Lipinski definition) is 2. The van der Waals surface area contributed by atoms with E-state index in [-0.39, 0.29) is 6.61 Å². The molecule has 0 aliphatic carbocycles. The van der Waals surface area contributed by atoms with Crippen LogP contribution in [0.25, 0.3) is 0 Å². The fraction of sp³-hybridized carbons (Fsp3) is 0.533. The van der Waals surface area contributed by atoms with Crippen LogP contribution in [0.4, 0.5) is 0 Å². The summed E-state index contributed by atoms with van der Waals surface area (Å²) in [5.74, 6) is -0.771. The van der Waals surface area contributed by atoms with E-state index in [4.69, 9.17) is 4.74 Å². The molecule has 2 atom stereocenters. The number of rotatable bonds is 8. The van der Waals surface area contributed by atoms with Crippen molar-refractivity contribution in [2.75, 3.05) is 0 Å². The van der Waals surface area contributed by atoms with Gasteiger partial charge >= 0.3 is 5.97 Å². The highest BCUT2D eigenvalue weighted by molar-refractivity contribution is 5.75. The molecule has 2 N–H and O–H groups in total. The predicted molar refractivity (Wildman–Crippen MR) is 72.4 cm³/mol. The Morgan fingerprint density at radius 3 is 2.53 bits per heavy atom. The van der Waals surface area contributed by atoms with E-state index in [2.05, 4.69) is 6.92 Å². The third-order valence-electron chi connectivity index (χ3n) is 2.93. The van der Waals surface area contributed by atoms with Gasteiger partial charge < -0.3 is 14.9 Å². The molecule has 4 nitrogen and oxygen atoms in total. The van der Waals surface area contributed by atoms with Gasteiger partial charge in [-0.2, -0.15) is 0 Å². The lowest BCUT2D eigenvalue weighted by Gasteiger charge is -2.16. The zero-order valence-corrected chi connectivity index (χ0v) is 11.3. The maximum Gasteiger partial charge on any atom is 0.338 e. The van der Waals surface area contributed by atoms with Crippen molar-refractivity contribution in [1.82, 2.24) is 0 Å². The molecule has 0 unspecified atom stereocenters. The van der Waals surface area contributed by atoms with E-state index >= 15 is 0 Å². The standard InChI is InChI=1S/C15H22O4/c1-2-3-5-10-13(16)14(17)15(18)19-11-12-8-6-4-7-9-12/h4,6-9,13-14,16-17H,2-3,5,10-11H2,1H3/t13-,14+/m0/s1. The molecule has 4 heteroatoms. The Balaban J connectivity index is 2.31. The van der Waals surface area contributed by atoms with Gasteiger partial charge in [-0.05, 0) is 12.0 Å². The van der Waals surface area contributed by atoms with Gasteiger partial charge in [0.1, 0.15) is 6.61 Å². The Kier molecular flexibility index (Phi) is 7.15. The van der Waals surface area contributed by atoms with Gasteiger partial charge in [0.25, 0.3) is 0 Å². The summed E-state index contributed by atoms with van der Waals surface area (Å²) in [4.78, 5) is 11.6. The molecule has 1 rings (SSSR count). The van der Waals surface area contributed by atoms with Gasteiger partial charge in [-0.3, -0.25) is 0 Å². The summed E-state index contributed by atoms with van der Waals surface area (Å²) in [5.41, 5.74) is 0.850. The molecule has 0 radical (unpaired) electrons. The van der Waals surface area contributed by atoms with Gasteiger partial charge in [-0.1, -0.05) is 56.5 Å². The van der Waals surface area contributed by atoms with Crippen LogP contribution in [0.1, 0.15) is 38.2 Å². The zero-order chi connectivity index (χ0) is 14.1. The molecule has 0 fully saturated rings. The van der Waals surface area contributed by atoms with Crippen LogP contribution in [0, 0.1) is 0 Å². The first-order valence-electron chi connectivity index (χ1n) is 6.71. The van der Waals surface area contributed by atoms with Crippen molar-refractivity contribution < 1.29 is 19.7 Å². The van der Waals surface area contributed by atoms with Crippen LogP contribution in [-0.4, -0.2) is 28.4 Å². The third-order valence-corrected chi connectivity index (χ3v) is 2.93. The molecular formula is C15H22O4. The number of aliphatic hydroxyl groups excluding tert-OH is 2. The molecule has 0 amide bonds. The van der Waals surface area contributed by atoms with Gasteiger partial charge in [-0.15, -0.1) is 0 Å². The lowest BCUT2D eigenvalue weighted by molar-refractivity contribution is -0.161. The van der Waals surface area contributed by atoms with E-state index in [0.29, 0.717) is 6.42 Å². The van der Waals surface area contributed by atoms with E-state index in [0.717, 1.165) is 24.8 Å². The molecule has 1 aromatic rings. The summed E-state index contributed by atoms with van der Waals surface area (Å²) in [5, 5.41) is 19.3. The quantitative estimate of drug-likeness (QED) is 0.558. The Morgan fingerprint density at radius 1 is 1.21 bits per heavy atom. The Bertz CT molecular complexity index is 364. The molecule has 1 aromatic carbocycles. The van der Waals surface area contributed by atoms with Crippen LogP contribution in [0.2, 0.25) is 0 Å². The van der Waals surface area contributed by atoms with Crippen molar-refractivity contribution >= 4 is 5.97 Å². The van der Waals surface area contributed by atoms with Gasteiger partial charge in [0.05, 0.1) is 6.10 Å². The smallest absolute Gasteiger partial charge is 0.338 e. The van der Waals surface area contributed by atoms with Crippen LogP contribution in [0.3, 0.4) is 0 Å². The number of carbonyl (C=O) groups excluding carboxylic acids is 1. The minimum absolute atomic E-state index is 0.110. The minimum Gasteiger partial charge on any atom is -0.459 e. The first kappa shape index (κ1) is 15.7. The van der Waals surface area contributed by atoms with Crippen LogP contribution in [0.5, 0.6) is 0 Å². The number of carbonyl (C=O) groups is 1. The van der Waals surface area contributed by atoms with E-state index < -0.39 is 18.2 Å². The highest BCUT2D eigenvalue weighted by atomic mass is 16.5. The second-order valence-corrected chi connectivity index (χ2v) is 4.60. The maximum absolute atomic E-state index is 11.6. The van der Waals surface area contributed by atoms with Crippen LogP contribution in [-0.2, 0) is 16.1 Å². The van der Waals surface area contributed by atoms with E-state index in [9.17, 15) is 15.0 Å². The van der Waals surface area contributed by atoms with Crippen LogP contribution >= 0.6 is 0 Å². The van der Waals surface area contributed by atoms with E-state index in [1.54, 1.807) is 0 Å². The van der Waals surface area contributed by atoms with Gasteiger partial charge in [0, 0.05) is 0 Å². The number of ether oxygens (including phenoxy) is 1. The molecule has 0 aliphatic rings. The Labute approximate surface area is 114 Å². The summed E-state index contributed by atoms with van der Waals surface area (Å²) in [7, 11) is 0. The first-order valence-corrected chi connectivity index (χ1v) is 6.71. The Morgan fingerprint density at radius 2 is 1.89 bits per heavy atom. The first-order chi connectivity index (χ1) is 9.15. The van der Waals surface area contributed by atoms with Crippen LogP contribution < -0.4 is 0 Å². The Hall–Kier alpha value is -1.39. The highest BCUT2D eigenvalue weighted by Crippen LogP contribution is 2.09. The summed E-state index contributed by atoms with van der Waals surface area (Å²) in [6.07, 6.45) is 0.704. The molecule has 0 aromatic heterocycles. The van der Waals surface area contributed by atoms with Crippen molar-refractivity contribution in [3.05, 3.63) is 35.9 Å². The largest absolute Gasteiger partial charge is 0.459 e. The number of benzene rings is 1. The third kappa shape index (κ3) is 5.85. The van der Waals surface area contributed by atoms with Gasteiger partial charge in [0.15, 0.2) is 6.10 Å². The highest BCUT2D eigenvalue weighted by Gasteiger charge is 2.25. The molecule has 0 saturated carbocycles. The number of unbranched alkanes of at least 4 members (excludes halogenated alkanes) is 2. The van der Waals surface area contributed by atoms with E-state index in [1.807, 2.05) is 30.3 Å². The SMILES string of the molecule is CCCCC[C@H](O)[C@@H](O)C(=O)OCc1ccccc1. The summed E-state index contributed by atoms with van der Waals surface area (Å²) in [6.45, 7) is 2.16. The van der Waals surface area contributed by atoms with Crippen molar-refractivity contribution in [1.29, 1.82) is 0 Å². The summed E-state index contributed by atoms with van der Waals surface area (Å²) >= 11 is 0. The lowest BCUT2D eigenvalue weighted by atomic mass is 10.1. The summed E-state index contributed by atoms with van der Waals surface area (Å²) in [6, 6.07) is 9.23. The maximum atomic E-state index is 11.6. The van der Waals surface area contributed by atoms with Crippen molar-refractivity contribution in [3.8, 4) is 0 Å². The average Bonchev–Trinajstić information content (AvgIpc) is 2.45. The van der Waals surface area contributed by atoms with Crippen LogP contribution in [0.15, 0.2) is 30.3 Å².